The van der Waals surface area contributed by atoms with E-state index in [-0.39, 0.29) is 0 Å². The average Bonchev–Trinajstić information content (AvgIpc) is 2.70. The molecule has 0 saturated carbocycles. The van der Waals surface area contributed by atoms with Gasteiger partial charge in [0.25, 0.3) is 0 Å². The number of nitrogens with zero attached hydrogens (tertiary/aromatic N) is 1. The molecule has 1 heterocycles. The zero-order valence-corrected chi connectivity index (χ0v) is 8.88. The number of hydrogen-bond acceptors (Lipinski definition) is 2. The van der Waals surface area contributed by atoms with Crippen LogP contribution in [0.4, 0.5) is 0 Å². The van der Waals surface area contributed by atoms with E-state index in [2.05, 4.69) is 11.7 Å². The van der Waals surface area contributed by atoms with Crippen LogP contribution in [-0.4, -0.2) is 5.16 Å². The van der Waals surface area contributed by atoms with E-state index in [0.717, 1.165) is 23.3 Å². The molecule has 80 valence electrons. The summed E-state index contributed by atoms with van der Waals surface area (Å²) in [5.41, 5.74) is 5.33. The van der Waals surface area contributed by atoms with Crippen LogP contribution in [0.2, 0.25) is 0 Å². The summed E-state index contributed by atoms with van der Waals surface area (Å²) >= 11 is 0. The van der Waals surface area contributed by atoms with Crippen LogP contribution in [0.3, 0.4) is 0 Å². The molecule has 2 aliphatic carbocycles. The minimum absolute atomic E-state index is 0.962. The van der Waals surface area contributed by atoms with E-state index in [9.17, 15) is 0 Å². The van der Waals surface area contributed by atoms with Gasteiger partial charge in [-0.1, -0.05) is 23.7 Å². The van der Waals surface area contributed by atoms with Crippen molar-refractivity contribution in [2.45, 2.75) is 38.5 Å². The molecule has 3 rings (SSSR count). The molecule has 0 fully saturated rings. The molecule has 0 saturated heterocycles. The van der Waals surface area contributed by atoms with Gasteiger partial charge in [0.05, 0.1) is 6.20 Å². The SMILES string of the molecule is C=C1C2=C(CCCCC2)Cc2oncc21.[2H][2H]. The lowest BCUT2D eigenvalue weighted by molar-refractivity contribution is 0.386. The number of hydrogen-bond donors (Lipinski definition) is 0. The smallest absolute Gasteiger partial charge is 0.148 e. The lowest BCUT2D eigenvalue weighted by Crippen LogP contribution is -2.04. The molecule has 0 N–H and O–H groups in total. The summed E-state index contributed by atoms with van der Waals surface area (Å²) in [6, 6.07) is 0. The Morgan fingerprint density at radius 2 is 2.20 bits per heavy atom. The second kappa shape index (κ2) is 3.37. The van der Waals surface area contributed by atoms with Gasteiger partial charge in [-0.15, -0.1) is 0 Å². The van der Waals surface area contributed by atoms with E-state index in [4.69, 9.17) is 7.49 Å². The van der Waals surface area contributed by atoms with Crippen LogP contribution >= 0.6 is 0 Å². The van der Waals surface area contributed by atoms with Crippen LogP contribution in [0.15, 0.2) is 28.4 Å². The molecule has 0 unspecified atom stereocenters. The molecule has 2 nitrogen and oxygen atoms in total. The van der Waals surface area contributed by atoms with Gasteiger partial charge in [-0.2, -0.15) is 0 Å². The molecule has 1 aromatic heterocycles. The number of aromatic nitrogens is 1. The third-order valence-electron chi connectivity index (χ3n) is 3.54. The van der Waals surface area contributed by atoms with E-state index >= 15 is 0 Å². The highest BCUT2D eigenvalue weighted by molar-refractivity contribution is 5.81. The first kappa shape index (κ1) is 7.91. The average molecular weight is 205 g/mol. The Kier molecular flexibility index (Phi) is 1.78. The van der Waals surface area contributed by atoms with Crippen molar-refractivity contribution in [3.8, 4) is 0 Å². The summed E-state index contributed by atoms with van der Waals surface area (Å²) in [7, 11) is 0. The highest BCUT2D eigenvalue weighted by Crippen LogP contribution is 2.40. The fraction of sp³-hybridized carbons (Fsp3) is 0.462. The van der Waals surface area contributed by atoms with E-state index < -0.39 is 0 Å². The van der Waals surface area contributed by atoms with Crippen LogP contribution in [0.25, 0.3) is 5.57 Å². The van der Waals surface area contributed by atoms with E-state index in [0.29, 0.717) is 0 Å². The van der Waals surface area contributed by atoms with Crippen molar-refractivity contribution in [2.24, 2.45) is 0 Å². The van der Waals surface area contributed by atoms with Crippen LogP contribution < -0.4 is 0 Å². The van der Waals surface area contributed by atoms with Crippen molar-refractivity contribution < 1.29 is 7.49 Å². The van der Waals surface area contributed by atoms with Gasteiger partial charge >= 0.3 is 0 Å². The van der Waals surface area contributed by atoms with Crippen molar-refractivity contribution in [3.63, 3.8) is 0 Å². The number of fused-ring (bicyclic) bond motifs is 1. The zero-order chi connectivity index (χ0) is 12.3. The van der Waals surface area contributed by atoms with Gasteiger partial charge in [0.2, 0.25) is 0 Å². The van der Waals surface area contributed by atoms with E-state index in [1.54, 1.807) is 5.57 Å². The highest BCUT2D eigenvalue weighted by atomic mass is 16.5. The Morgan fingerprint density at radius 1 is 1.33 bits per heavy atom. The Balaban J connectivity index is 0.000000514. The van der Waals surface area contributed by atoms with Gasteiger partial charge < -0.3 is 4.52 Å². The fourth-order valence-corrected chi connectivity index (χ4v) is 2.70. The first-order valence-corrected chi connectivity index (χ1v) is 5.70. The quantitative estimate of drug-likeness (QED) is 0.644. The van der Waals surface area contributed by atoms with Gasteiger partial charge in [-0.25, -0.2) is 0 Å². The maximum absolute atomic E-state index is 5.27. The van der Waals surface area contributed by atoms with Crippen LogP contribution in [0.1, 0.15) is 46.4 Å². The highest BCUT2D eigenvalue weighted by Gasteiger charge is 2.25. The van der Waals surface area contributed by atoms with Gasteiger partial charge in [-0.05, 0) is 36.8 Å². The predicted octanol–water partition coefficient (Wildman–Crippen LogP) is 3.75. The summed E-state index contributed by atoms with van der Waals surface area (Å²) in [6.45, 7) is 4.20. The Bertz CT molecular complexity index is 448. The van der Waals surface area contributed by atoms with Crippen LogP contribution in [0, 0.1) is 0 Å². The van der Waals surface area contributed by atoms with Crippen molar-refractivity contribution in [1.82, 2.24) is 5.16 Å². The molecule has 2 aliphatic rings. The normalized spacial score (nSPS) is 21.5. The molecule has 0 aliphatic heterocycles. The fourth-order valence-electron chi connectivity index (χ4n) is 2.70. The predicted molar refractivity (Wildman–Crippen MR) is 61.5 cm³/mol. The molecule has 0 radical (unpaired) electrons. The summed E-state index contributed by atoms with van der Waals surface area (Å²) in [6.07, 6.45) is 9.15. The molecular weight excluding hydrogens is 186 g/mol. The molecule has 1 aromatic rings. The van der Waals surface area contributed by atoms with Crippen LogP contribution in [-0.2, 0) is 6.42 Å². The third-order valence-corrected chi connectivity index (χ3v) is 3.54. The molecule has 0 aromatic carbocycles. The minimum Gasteiger partial charge on any atom is -0.360 e. The van der Waals surface area contributed by atoms with Gasteiger partial charge in [0.1, 0.15) is 5.76 Å². The molecule has 0 amide bonds. The molecule has 15 heavy (non-hydrogen) atoms. The van der Waals surface area contributed by atoms with E-state index in [1.807, 2.05) is 6.20 Å². The molecule has 2 heteroatoms. The van der Waals surface area contributed by atoms with Crippen LogP contribution in [0.5, 0.6) is 0 Å². The summed E-state index contributed by atoms with van der Waals surface area (Å²) in [5, 5.41) is 3.87. The first-order valence-electron chi connectivity index (χ1n) is 6.70. The molecular formula is C13H17NO. The summed E-state index contributed by atoms with van der Waals surface area (Å²) in [5.74, 6) is 1.01. The van der Waals surface area contributed by atoms with Gasteiger partial charge in [0, 0.05) is 15.0 Å². The van der Waals surface area contributed by atoms with Crippen molar-refractivity contribution in [3.05, 3.63) is 35.2 Å². The maximum atomic E-state index is 5.27. The minimum atomic E-state index is 0.962. The van der Waals surface area contributed by atoms with Crippen molar-refractivity contribution >= 4 is 5.57 Å². The monoisotopic (exact) mass is 205 g/mol. The molecule has 0 bridgehead atoms. The van der Waals surface area contributed by atoms with E-state index in [1.165, 1.54) is 37.7 Å². The number of allylic oxidation sites excluding steroid dienone is 3. The number of rotatable bonds is 0. The Labute approximate surface area is 92.7 Å². The van der Waals surface area contributed by atoms with Crippen molar-refractivity contribution in [1.29, 1.82) is 0 Å². The van der Waals surface area contributed by atoms with Gasteiger partial charge in [-0.3, -0.25) is 0 Å². The third kappa shape index (κ3) is 1.36. The Hall–Kier alpha value is -1.31. The lowest BCUT2D eigenvalue weighted by atomic mass is 9.85. The standard InChI is InChI=1S/C13H15NO.H2/c1-9-11-6-4-2-3-5-10(11)7-13-12(9)8-14-15-13;/h8H,1-7H2;1H/i;1+1D. The topological polar surface area (TPSA) is 26.0 Å². The largest absolute Gasteiger partial charge is 0.360 e. The Morgan fingerprint density at radius 3 is 3.13 bits per heavy atom. The summed E-state index contributed by atoms with van der Waals surface area (Å²) in [4.78, 5) is 0. The molecule has 0 spiro atoms. The molecule has 0 atom stereocenters. The second-order valence-corrected chi connectivity index (χ2v) is 4.46. The summed E-state index contributed by atoms with van der Waals surface area (Å²) < 4.78 is 15.3. The van der Waals surface area contributed by atoms with Crippen molar-refractivity contribution in [2.75, 3.05) is 0 Å². The van der Waals surface area contributed by atoms with Gasteiger partial charge in [0.15, 0.2) is 0 Å². The first-order chi connectivity index (χ1) is 8.36. The zero-order valence-electron chi connectivity index (χ0n) is 10.9. The lowest BCUT2D eigenvalue weighted by Gasteiger charge is -2.19. The second-order valence-electron chi connectivity index (χ2n) is 4.46. The maximum Gasteiger partial charge on any atom is 0.148 e.